The first-order valence-corrected chi connectivity index (χ1v) is 5.93. The highest BCUT2D eigenvalue weighted by atomic mass is 19.3. The Hall–Kier alpha value is -2.07. The number of hydrogen-bond acceptors (Lipinski definition) is 2. The molecule has 0 radical (unpaired) electrons. The molecule has 0 unspecified atom stereocenters. The van der Waals surface area contributed by atoms with Gasteiger partial charge in [-0.15, -0.1) is 0 Å². The van der Waals surface area contributed by atoms with E-state index in [1.54, 1.807) is 18.3 Å². The number of amides is 1. The third kappa shape index (κ3) is 4.46. The Morgan fingerprint density at radius 2 is 2.10 bits per heavy atom. The van der Waals surface area contributed by atoms with Crippen molar-refractivity contribution in [3.05, 3.63) is 34.9 Å². The van der Waals surface area contributed by atoms with Gasteiger partial charge in [-0.1, -0.05) is 17.9 Å². The Balaban J connectivity index is 2.89. The number of aliphatic hydroxyl groups excluding tert-OH is 1. The summed E-state index contributed by atoms with van der Waals surface area (Å²) < 4.78 is 49.5. The maximum Gasteiger partial charge on any atom is 0.324 e. The fourth-order valence-corrected chi connectivity index (χ4v) is 1.52. The summed E-state index contributed by atoms with van der Waals surface area (Å²) in [6, 6.07) is 4.44. The molecule has 0 heterocycles. The average Bonchev–Trinajstić information content (AvgIpc) is 2.43. The average molecular weight is 303 g/mol. The predicted molar refractivity (Wildman–Crippen MR) is 68.4 cm³/mol. The fraction of sp³-hybridized carbons (Fsp3) is 0.357. The van der Waals surface area contributed by atoms with Crippen LogP contribution in [0, 0.1) is 18.8 Å². The van der Waals surface area contributed by atoms with E-state index >= 15 is 0 Å². The van der Waals surface area contributed by atoms with Crippen LogP contribution in [0.1, 0.15) is 21.5 Å². The minimum atomic E-state index is -4.28. The van der Waals surface area contributed by atoms with Gasteiger partial charge in [0.2, 0.25) is 0 Å². The van der Waals surface area contributed by atoms with Crippen molar-refractivity contribution in [1.29, 1.82) is 0 Å². The standard InChI is InChI=1S/C14H13F4NO2/c1-9-10(5-3-7-20)4-2-6-11(9)12(21)19-8-14(17,18)13(15)16/h2,4,6,13,20H,7-8H2,1H3,(H,19,21). The van der Waals surface area contributed by atoms with Gasteiger partial charge in [0.1, 0.15) is 6.61 Å². The molecule has 3 nitrogen and oxygen atoms in total. The van der Waals surface area contributed by atoms with E-state index in [0.717, 1.165) is 0 Å². The lowest BCUT2D eigenvalue weighted by Gasteiger charge is -2.16. The van der Waals surface area contributed by atoms with Gasteiger partial charge in [-0.2, -0.15) is 8.78 Å². The van der Waals surface area contributed by atoms with Gasteiger partial charge in [0.15, 0.2) is 0 Å². The third-order valence-electron chi connectivity index (χ3n) is 2.68. The molecule has 21 heavy (non-hydrogen) atoms. The number of benzene rings is 1. The second kappa shape index (κ2) is 7.09. The van der Waals surface area contributed by atoms with Crippen molar-refractivity contribution in [2.45, 2.75) is 19.3 Å². The summed E-state index contributed by atoms with van der Waals surface area (Å²) >= 11 is 0. The highest BCUT2D eigenvalue weighted by molar-refractivity contribution is 5.96. The molecule has 1 amide bonds. The molecule has 0 saturated carbocycles. The monoisotopic (exact) mass is 303 g/mol. The van der Waals surface area contributed by atoms with Crippen LogP contribution in [-0.2, 0) is 0 Å². The summed E-state index contributed by atoms with van der Waals surface area (Å²) in [5.41, 5.74) is 0.915. The number of alkyl halides is 4. The number of aliphatic hydroxyl groups is 1. The summed E-state index contributed by atoms with van der Waals surface area (Å²) in [5, 5.41) is 10.4. The minimum absolute atomic E-state index is 0.0600. The predicted octanol–water partition coefficient (Wildman–Crippen LogP) is 1.97. The normalized spacial score (nSPS) is 11.0. The maximum atomic E-state index is 12.8. The molecule has 0 aromatic heterocycles. The molecule has 0 atom stereocenters. The molecule has 0 spiro atoms. The number of carbonyl (C=O) groups excluding carboxylic acids is 1. The number of rotatable bonds is 4. The first-order valence-electron chi connectivity index (χ1n) is 5.93. The topological polar surface area (TPSA) is 49.3 Å². The Labute approximate surface area is 119 Å². The molecule has 7 heteroatoms. The van der Waals surface area contributed by atoms with E-state index in [0.29, 0.717) is 11.1 Å². The van der Waals surface area contributed by atoms with Crippen molar-refractivity contribution in [3.63, 3.8) is 0 Å². The van der Waals surface area contributed by atoms with Crippen LogP contribution in [0.2, 0.25) is 0 Å². The summed E-state index contributed by atoms with van der Waals surface area (Å²) in [6.45, 7) is -0.270. The van der Waals surface area contributed by atoms with Crippen molar-refractivity contribution >= 4 is 5.91 Å². The highest BCUT2D eigenvalue weighted by Gasteiger charge is 2.40. The van der Waals surface area contributed by atoms with E-state index in [1.807, 2.05) is 0 Å². The van der Waals surface area contributed by atoms with Crippen molar-refractivity contribution in [2.75, 3.05) is 13.2 Å². The molecule has 114 valence electrons. The Morgan fingerprint density at radius 1 is 1.43 bits per heavy atom. The Morgan fingerprint density at radius 3 is 2.67 bits per heavy atom. The van der Waals surface area contributed by atoms with Crippen LogP contribution in [-0.4, -0.2) is 36.5 Å². The Kier molecular flexibility index (Phi) is 5.73. The van der Waals surface area contributed by atoms with Crippen molar-refractivity contribution in [1.82, 2.24) is 5.32 Å². The summed E-state index contributed by atoms with van der Waals surface area (Å²) in [6.07, 6.45) is -3.85. The number of hydrogen-bond donors (Lipinski definition) is 2. The zero-order chi connectivity index (χ0) is 16.0. The minimum Gasteiger partial charge on any atom is -0.384 e. The second-order valence-electron chi connectivity index (χ2n) is 4.18. The van der Waals surface area contributed by atoms with Crippen LogP contribution in [0.15, 0.2) is 18.2 Å². The smallest absolute Gasteiger partial charge is 0.324 e. The summed E-state index contributed by atoms with van der Waals surface area (Å²) in [5.74, 6) is -0.171. The van der Waals surface area contributed by atoms with E-state index < -0.39 is 24.8 Å². The largest absolute Gasteiger partial charge is 0.384 e. The van der Waals surface area contributed by atoms with Crippen LogP contribution >= 0.6 is 0 Å². The lowest BCUT2D eigenvalue weighted by Crippen LogP contribution is -2.41. The molecule has 0 saturated heterocycles. The van der Waals surface area contributed by atoms with E-state index in [2.05, 4.69) is 11.8 Å². The van der Waals surface area contributed by atoms with Gasteiger partial charge < -0.3 is 10.4 Å². The van der Waals surface area contributed by atoms with E-state index in [4.69, 9.17) is 5.11 Å². The van der Waals surface area contributed by atoms with Gasteiger partial charge in [0, 0.05) is 11.1 Å². The number of carbonyl (C=O) groups is 1. The zero-order valence-corrected chi connectivity index (χ0v) is 11.1. The molecule has 2 N–H and O–H groups in total. The molecule has 1 aromatic rings. The lowest BCUT2D eigenvalue weighted by molar-refractivity contribution is -0.123. The van der Waals surface area contributed by atoms with Gasteiger partial charge in [0.25, 0.3) is 5.91 Å². The quantitative estimate of drug-likeness (QED) is 0.660. The van der Waals surface area contributed by atoms with Gasteiger partial charge in [-0.3, -0.25) is 4.79 Å². The first kappa shape index (κ1) is 17.0. The van der Waals surface area contributed by atoms with Gasteiger partial charge >= 0.3 is 12.3 Å². The molecule has 1 aromatic carbocycles. The molecule has 1 rings (SSSR count). The van der Waals surface area contributed by atoms with Crippen LogP contribution in [0.25, 0.3) is 0 Å². The van der Waals surface area contributed by atoms with Crippen LogP contribution in [0.4, 0.5) is 17.6 Å². The number of nitrogens with one attached hydrogen (secondary N) is 1. The third-order valence-corrected chi connectivity index (χ3v) is 2.68. The fourth-order valence-electron chi connectivity index (χ4n) is 1.52. The summed E-state index contributed by atoms with van der Waals surface area (Å²) in [4.78, 5) is 11.8. The van der Waals surface area contributed by atoms with E-state index in [9.17, 15) is 22.4 Å². The zero-order valence-electron chi connectivity index (χ0n) is 11.1. The molecule has 0 fully saturated rings. The van der Waals surface area contributed by atoms with Crippen molar-refractivity contribution in [3.8, 4) is 11.8 Å². The molecule has 0 aliphatic carbocycles. The second-order valence-corrected chi connectivity index (χ2v) is 4.18. The molecule has 0 aliphatic rings. The van der Waals surface area contributed by atoms with Crippen LogP contribution in [0.3, 0.4) is 0 Å². The molecular formula is C14H13F4NO2. The van der Waals surface area contributed by atoms with Crippen molar-refractivity contribution < 1.29 is 27.5 Å². The van der Waals surface area contributed by atoms with Crippen molar-refractivity contribution in [2.24, 2.45) is 0 Å². The molecule has 0 aliphatic heterocycles. The van der Waals surface area contributed by atoms with Gasteiger partial charge in [-0.05, 0) is 24.6 Å². The van der Waals surface area contributed by atoms with Gasteiger partial charge in [-0.25, -0.2) is 8.78 Å². The molecule has 0 bridgehead atoms. The molecular weight excluding hydrogens is 290 g/mol. The van der Waals surface area contributed by atoms with E-state index in [1.165, 1.54) is 12.1 Å². The first-order chi connectivity index (χ1) is 9.79. The van der Waals surface area contributed by atoms with E-state index in [-0.39, 0.29) is 12.2 Å². The van der Waals surface area contributed by atoms with Gasteiger partial charge in [0.05, 0.1) is 6.54 Å². The number of halogens is 4. The Bertz CT molecular complexity index is 576. The van der Waals surface area contributed by atoms with Crippen LogP contribution in [0.5, 0.6) is 0 Å². The van der Waals surface area contributed by atoms with Crippen LogP contribution < -0.4 is 5.32 Å². The summed E-state index contributed by atoms with van der Waals surface area (Å²) in [7, 11) is 0. The highest BCUT2D eigenvalue weighted by Crippen LogP contribution is 2.22. The SMILES string of the molecule is Cc1c(C#CCO)cccc1C(=O)NCC(F)(F)C(F)F. The maximum absolute atomic E-state index is 12.8. The lowest BCUT2D eigenvalue weighted by atomic mass is 10.0.